The van der Waals surface area contributed by atoms with Gasteiger partial charge in [0.25, 0.3) is 0 Å². The van der Waals surface area contributed by atoms with Gasteiger partial charge in [-0.2, -0.15) is 9.40 Å². The molecule has 0 atom stereocenters. The number of aryl methyl sites for hydroxylation is 1. The molecule has 9 heteroatoms. The minimum Gasteiger partial charge on any atom is -0.339 e. The highest BCUT2D eigenvalue weighted by Crippen LogP contribution is 2.16. The lowest BCUT2D eigenvalue weighted by molar-refractivity contribution is -0.129. The summed E-state index contributed by atoms with van der Waals surface area (Å²) in [6, 6.07) is 0. The Bertz CT molecular complexity index is 563. The van der Waals surface area contributed by atoms with Gasteiger partial charge in [-0.05, 0) is 0 Å². The van der Waals surface area contributed by atoms with E-state index in [9.17, 15) is 13.2 Å². The number of carbonyl (C=O) groups excluding carboxylic acids is 1. The van der Waals surface area contributed by atoms with Crippen LogP contribution in [-0.2, 0) is 21.9 Å². The van der Waals surface area contributed by atoms with E-state index in [-0.39, 0.29) is 16.1 Å². The average Bonchev–Trinajstić information content (AvgIpc) is 2.85. The highest BCUT2D eigenvalue weighted by Gasteiger charge is 2.30. The molecule has 1 fully saturated rings. The summed E-state index contributed by atoms with van der Waals surface area (Å²) in [5.41, 5.74) is 0. The smallest absolute Gasteiger partial charge is 0.246 e. The monoisotopic (exact) mass is 350 g/mol. The largest absolute Gasteiger partial charge is 0.339 e. The van der Waals surface area contributed by atoms with Crippen molar-refractivity contribution in [3.8, 4) is 0 Å². The van der Waals surface area contributed by atoms with Crippen LogP contribution in [0.3, 0.4) is 0 Å². The number of alkyl halides is 1. The van der Waals surface area contributed by atoms with Crippen LogP contribution in [0.5, 0.6) is 0 Å². The van der Waals surface area contributed by atoms with Gasteiger partial charge in [0.05, 0.1) is 11.5 Å². The zero-order valence-electron chi connectivity index (χ0n) is 10.5. The van der Waals surface area contributed by atoms with E-state index in [1.807, 2.05) is 0 Å². The van der Waals surface area contributed by atoms with E-state index in [1.165, 1.54) is 21.4 Å². The van der Waals surface area contributed by atoms with Gasteiger partial charge in [0.1, 0.15) is 4.90 Å². The molecule has 106 valence electrons. The second-order valence-corrected chi connectivity index (χ2v) is 6.77. The maximum absolute atomic E-state index is 12.3. The van der Waals surface area contributed by atoms with Crippen LogP contribution in [-0.4, -0.2) is 64.8 Å². The van der Waals surface area contributed by atoms with Gasteiger partial charge >= 0.3 is 0 Å². The van der Waals surface area contributed by atoms with Crippen molar-refractivity contribution in [3.63, 3.8) is 0 Å². The molecular formula is C10H15BrN4O3S. The lowest BCUT2D eigenvalue weighted by Crippen LogP contribution is -2.50. The van der Waals surface area contributed by atoms with E-state index in [2.05, 4.69) is 21.0 Å². The first kappa shape index (κ1) is 14.5. The standard InChI is InChI=1S/C10H15BrN4O3S/c1-13-8-9(7-12-13)19(17,18)15-4-2-14(3-5-15)10(16)6-11/h7-8H,2-6H2,1H3. The highest BCUT2D eigenvalue weighted by atomic mass is 79.9. The molecule has 7 nitrogen and oxygen atoms in total. The van der Waals surface area contributed by atoms with E-state index in [0.29, 0.717) is 26.2 Å². The Morgan fingerprint density at radius 3 is 2.47 bits per heavy atom. The summed E-state index contributed by atoms with van der Waals surface area (Å²) in [4.78, 5) is 13.3. The number of aromatic nitrogens is 2. The molecule has 1 saturated heterocycles. The van der Waals surface area contributed by atoms with Crippen molar-refractivity contribution >= 4 is 31.9 Å². The molecule has 0 bridgehead atoms. The molecule has 1 aliphatic rings. The SMILES string of the molecule is Cn1cc(S(=O)(=O)N2CCN(C(=O)CBr)CC2)cn1. The Labute approximate surface area is 120 Å². The van der Waals surface area contributed by atoms with Gasteiger partial charge < -0.3 is 4.90 Å². The summed E-state index contributed by atoms with van der Waals surface area (Å²) in [7, 11) is -1.82. The van der Waals surface area contributed by atoms with Crippen LogP contribution in [0.25, 0.3) is 0 Å². The van der Waals surface area contributed by atoms with Crippen LogP contribution < -0.4 is 0 Å². The van der Waals surface area contributed by atoms with E-state index < -0.39 is 10.0 Å². The molecule has 2 rings (SSSR count). The molecule has 0 radical (unpaired) electrons. The fourth-order valence-corrected chi connectivity index (χ4v) is 3.71. The summed E-state index contributed by atoms with van der Waals surface area (Å²) >= 11 is 3.11. The van der Waals surface area contributed by atoms with Crippen LogP contribution in [0.2, 0.25) is 0 Å². The number of piperazine rings is 1. The van der Waals surface area contributed by atoms with Crippen molar-refractivity contribution in [1.29, 1.82) is 0 Å². The molecule has 19 heavy (non-hydrogen) atoms. The Hall–Kier alpha value is -0.930. The van der Waals surface area contributed by atoms with E-state index in [0.717, 1.165) is 0 Å². The summed E-state index contributed by atoms with van der Waals surface area (Å²) in [6.45, 7) is 1.47. The third-order valence-electron chi connectivity index (χ3n) is 3.02. The van der Waals surface area contributed by atoms with Crippen LogP contribution in [0.15, 0.2) is 17.3 Å². The molecule has 1 aromatic rings. The zero-order valence-corrected chi connectivity index (χ0v) is 12.9. The minimum atomic E-state index is -3.50. The molecule has 1 aromatic heterocycles. The number of hydrogen-bond donors (Lipinski definition) is 0. The summed E-state index contributed by atoms with van der Waals surface area (Å²) in [5.74, 6) is -0.0153. The number of halogens is 1. The van der Waals surface area contributed by atoms with Gasteiger partial charge in [-0.1, -0.05) is 15.9 Å². The molecule has 0 unspecified atom stereocenters. The summed E-state index contributed by atoms with van der Waals surface area (Å²) in [5, 5.41) is 4.14. The number of carbonyl (C=O) groups is 1. The topological polar surface area (TPSA) is 75.5 Å². The Morgan fingerprint density at radius 2 is 2.00 bits per heavy atom. The fraction of sp³-hybridized carbons (Fsp3) is 0.600. The van der Waals surface area contributed by atoms with Crippen LogP contribution >= 0.6 is 15.9 Å². The molecular weight excluding hydrogens is 336 g/mol. The molecule has 0 spiro atoms. The number of hydrogen-bond acceptors (Lipinski definition) is 4. The van der Waals surface area contributed by atoms with E-state index in [4.69, 9.17) is 0 Å². The normalized spacial score (nSPS) is 17.7. The van der Waals surface area contributed by atoms with Gasteiger partial charge in [-0.15, -0.1) is 0 Å². The number of nitrogens with zero attached hydrogens (tertiary/aromatic N) is 4. The fourth-order valence-electron chi connectivity index (χ4n) is 1.94. The molecule has 1 amide bonds. The first-order valence-corrected chi connectivity index (χ1v) is 8.34. The minimum absolute atomic E-state index is 0.0153. The second-order valence-electron chi connectivity index (χ2n) is 4.27. The molecule has 0 aliphatic carbocycles. The lowest BCUT2D eigenvalue weighted by Gasteiger charge is -2.33. The number of rotatable bonds is 3. The predicted molar refractivity (Wildman–Crippen MR) is 72.3 cm³/mol. The maximum Gasteiger partial charge on any atom is 0.246 e. The molecule has 1 aliphatic heterocycles. The van der Waals surface area contributed by atoms with Crippen LogP contribution in [0, 0.1) is 0 Å². The average molecular weight is 351 g/mol. The van der Waals surface area contributed by atoms with Crippen molar-refractivity contribution in [2.45, 2.75) is 4.90 Å². The highest BCUT2D eigenvalue weighted by molar-refractivity contribution is 9.09. The first-order chi connectivity index (χ1) is 8.95. The quantitative estimate of drug-likeness (QED) is 0.698. The number of amides is 1. The second kappa shape index (κ2) is 5.59. The van der Waals surface area contributed by atoms with E-state index >= 15 is 0 Å². The summed E-state index contributed by atoms with van der Waals surface area (Å²) < 4.78 is 27.5. The summed E-state index contributed by atoms with van der Waals surface area (Å²) in [6.07, 6.45) is 2.82. The Kier molecular flexibility index (Phi) is 4.26. The number of sulfonamides is 1. The predicted octanol–water partition coefficient (Wildman–Crippen LogP) is -0.352. The van der Waals surface area contributed by atoms with Gasteiger partial charge in [-0.25, -0.2) is 8.42 Å². The molecule has 2 heterocycles. The van der Waals surface area contributed by atoms with Gasteiger partial charge in [-0.3, -0.25) is 9.48 Å². The van der Waals surface area contributed by atoms with E-state index in [1.54, 1.807) is 11.9 Å². The van der Waals surface area contributed by atoms with Crippen molar-refractivity contribution in [3.05, 3.63) is 12.4 Å². The van der Waals surface area contributed by atoms with Crippen molar-refractivity contribution < 1.29 is 13.2 Å². The van der Waals surface area contributed by atoms with Gasteiger partial charge in [0.2, 0.25) is 15.9 Å². The molecule has 0 N–H and O–H groups in total. The van der Waals surface area contributed by atoms with Crippen molar-refractivity contribution in [2.75, 3.05) is 31.5 Å². The molecule has 0 aromatic carbocycles. The third-order valence-corrected chi connectivity index (χ3v) is 5.36. The Morgan fingerprint density at radius 1 is 1.37 bits per heavy atom. The van der Waals surface area contributed by atoms with Crippen LogP contribution in [0.4, 0.5) is 0 Å². The zero-order chi connectivity index (χ0) is 14.0. The Balaban J connectivity index is 2.07. The van der Waals surface area contributed by atoms with Crippen molar-refractivity contribution in [2.24, 2.45) is 7.05 Å². The van der Waals surface area contributed by atoms with Gasteiger partial charge in [0.15, 0.2) is 0 Å². The van der Waals surface area contributed by atoms with Crippen molar-refractivity contribution in [1.82, 2.24) is 19.0 Å². The maximum atomic E-state index is 12.3. The first-order valence-electron chi connectivity index (χ1n) is 5.77. The molecule has 0 saturated carbocycles. The third kappa shape index (κ3) is 2.98. The lowest BCUT2D eigenvalue weighted by atomic mass is 10.3. The van der Waals surface area contributed by atoms with Crippen LogP contribution in [0.1, 0.15) is 0 Å². The van der Waals surface area contributed by atoms with Gasteiger partial charge in [0, 0.05) is 39.4 Å².